The van der Waals surface area contributed by atoms with Crippen molar-refractivity contribution in [2.24, 2.45) is 0 Å². The number of fused-ring (bicyclic) bond motifs is 1. The molecule has 0 saturated carbocycles. The molecular formula is C24H21N5O. The molecule has 1 aliphatic rings. The molecule has 1 amide bonds. The first kappa shape index (κ1) is 18.2. The van der Waals surface area contributed by atoms with Crippen LogP contribution in [0.1, 0.15) is 10.4 Å². The molecule has 2 aromatic carbocycles. The largest absolute Gasteiger partial charge is 0.352 e. The van der Waals surface area contributed by atoms with Crippen LogP contribution >= 0.6 is 0 Å². The zero-order valence-electron chi connectivity index (χ0n) is 16.5. The van der Waals surface area contributed by atoms with Crippen LogP contribution in [0.4, 0.5) is 5.82 Å². The van der Waals surface area contributed by atoms with Gasteiger partial charge >= 0.3 is 0 Å². The SMILES string of the molecule is O=C(c1ccc2ccccc2c1)N1CCN(c2ccc(-c3cccnc3)nn2)CC1. The van der Waals surface area contributed by atoms with E-state index in [-0.39, 0.29) is 5.91 Å². The van der Waals surface area contributed by atoms with Crippen LogP contribution < -0.4 is 4.90 Å². The molecule has 6 heteroatoms. The molecule has 0 N–H and O–H groups in total. The fourth-order valence-electron chi connectivity index (χ4n) is 3.81. The molecule has 0 unspecified atom stereocenters. The van der Waals surface area contributed by atoms with E-state index in [1.807, 2.05) is 65.6 Å². The van der Waals surface area contributed by atoms with Gasteiger partial charge in [0.25, 0.3) is 5.91 Å². The van der Waals surface area contributed by atoms with Gasteiger partial charge in [0, 0.05) is 49.7 Å². The van der Waals surface area contributed by atoms with E-state index >= 15 is 0 Å². The summed E-state index contributed by atoms with van der Waals surface area (Å²) in [5.41, 5.74) is 2.49. The summed E-state index contributed by atoms with van der Waals surface area (Å²) in [6, 6.07) is 21.8. The molecule has 4 aromatic rings. The number of carbonyl (C=O) groups is 1. The van der Waals surface area contributed by atoms with E-state index < -0.39 is 0 Å². The van der Waals surface area contributed by atoms with E-state index in [0.29, 0.717) is 13.1 Å². The van der Waals surface area contributed by atoms with Crippen molar-refractivity contribution in [2.45, 2.75) is 0 Å². The number of aromatic nitrogens is 3. The maximum absolute atomic E-state index is 13.0. The maximum atomic E-state index is 13.0. The topological polar surface area (TPSA) is 62.2 Å². The molecular weight excluding hydrogens is 374 g/mol. The minimum Gasteiger partial charge on any atom is -0.352 e. The molecule has 0 aliphatic carbocycles. The lowest BCUT2D eigenvalue weighted by atomic mass is 10.1. The first-order valence-corrected chi connectivity index (χ1v) is 10.0. The Hall–Kier alpha value is -3.80. The average molecular weight is 395 g/mol. The van der Waals surface area contributed by atoms with Crippen LogP contribution in [0.5, 0.6) is 0 Å². The van der Waals surface area contributed by atoms with Crippen LogP contribution in [0.15, 0.2) is 79.1 Å². The van der Waals surface area contributed by atoms with Crippen LogP contribution in [-0.4, -0.2) is 52.2 Å². The number of carbonyl (C=O) groups excluding carboxylic acids is 1. The minimum absolute atomic E-state index is 0.0819. The average Bonchev–Trinajstić information content (AvgIpc) is 2.84. The van der Waals surface area contributed by atoms with Gasteiger partial charge in [0.1, 0.15) is 0 Å². The zero-order valence-corrected chi connectivity index (χ0v) is 16.5. The third-order valence-corrected chi connectivity index (χ3v) is 5.50. The van der Waals surface area contributed by atoms with Gasteiger partial charge in [0.05, 0.1) is 5.69 Å². The van der Waals surface area contributed by atoms with Crippen LogP contribution in [-0.2, 0) is 0 Å². The van der Waals surface area contributed by atoms with Gasteiger partial charge in [0.15, 0.2) is 5.82 Å². The van der Waals surface area contributed by atoms with Gasteiger partial charge in [-0.05, 0) is 47.2 Å². The highest BCUT2D eigenvalue weighted by Gasteiger charge is 2.23. The summed E-state index contributed by atoms with van der Waals surface area (Å²) >= 11 is 0. The summed E-state index contributed by atoms with van der Waals surface area (Å²) in [5, 5.41) is 11.0. The van der Waals surface area contributed by atoms with Gasteiger partial charge in [-0.15, -0.1) is 10.2 Å². The predicted molar refractivity (Wildman–Crippen MR) is 117 cm³/mol. The second kappa shape index (κ2) is 7.91. The summed E-state index contributed by atoms with van der Waals surface area (Å²) in [6.07, 6.45) is 3.52. The molecule has 0 bridgehead atoms. The Kier molecular flexibility index (Phi) is 4.81. The van der Waals surface area contributed by atoms with Crippen LogP contribution in [0.25, 0.3) is 22.0 Å². The number of hydrogen-bond donors (Lipinski definition) is 0. The van der Waals surface area contributed by atoms with Gasteiger partial charge in [-0.3, -0.25) is 9.78 Å². The number of nitrogens with zero attached hydrogens (tertiary/aromatic N) is 5. The Balaban J connectivity index is 1.25. The first-order valence-electron chi connectivity index (χ1n) is 10.0. The number of anilines is 1. The lowest BCUT2D eigenvalue weighted by molar-refractivity contribution is 0.0746. The molecule has 0 radical (unpaired) electrons. The normalized spacial score (nSPS) is 14.1. The molecule has 3 heterocycles. The Morgan fingerprint density at radius 1 is 0.800 bits per heavy atom. The summed E-state index contributed by atoms with van der Waals surface area (Å²) in [5.74, 6) is 0.916. The van der Waals surface area contributed by atoms with Crippen molar-refractivity contribution in [1.82, 2.24) is 20.1 Å². The maximum Gasteiger partial charge on any atom is 0.253 e. The predicted octanol–water partition coefficient (Wildman–Crippen LogP) is 3.65. The second-order valence-corrected chi connectivity index (χ2v) is 7.36. The second-order valence-electron chi connectivity index (χ2n) is 7.36. The Labute approximate surface area is 174 Å². The van der Waals surface area contributed by atoms with E-state index in [4.69, 9.17) is 0 Å². The van der Waals surface area contributed by atoms with E-state index in [0.717, 1.165) is 46.5 Å². The highest BCUT2D eigenvalue weighted by molar-refractivity contribution is 5.98. The number of pyridine rings is 1. The number of amides is 1. The van der Waals surface area contributed by atoms with Crippen LogP contribution in [0.2, 0.25) is 0 Å². The molecule has 5 rings (SSSR count). The molecule has 6 nitrogen and oxygen atoms in total. The highest BCUT2D eigenvalue weighted by atomic mass is 16.2. The van der Waals surface area contributed by atoms with Gasteiger partial charge in [-0.25, -0.2) is 0 Å². The summed E-state index contributed by atoms with van der Waals surface area (Å²) in [6.45, 7) is 2.80. The first-order chi connectivity index (χ1) is 14.8. The quantitative estimate of drug-likeness (QED) is 0.530. The summed E-state index contributed by atoms with van der Waals surface area (Å²) in [4.78, 5) is 21.2. The molecule has 148 valence electrons. The van der Waals surface area contributed by atoms with Crippen molar-refractivity contribution in [3.05, 3.63) is 84.7 Å². The van der Waals surface area contributed by atoms with Crippen molar-refractivity contribution in [2.75, 3.05) is 31.1 Å². The molecule has 1 fully saturated rings. The molecule has 1 saturated heterocycles. The zero-order chi connectivity index (χ0) is 20.3. The standard InChI is InChI=1S/C24H21N5O/c30-24(20-8-7-18-4-1-2-5-19(18)16-20)29-14-12-28(13-15-29)23-10-9-22(26-27-23)21-6-3-11-25-17-21/h1-11,16-17H,12-15H2. The summed E-state index contributed by atoms with van der Waals surface area (Å²) in [7, 11) is 0. The van der Waals surface area contributed by atoms with Crippen molar-refractivity contribution in [3.8, 4) is 11.3 Å². The smallest absolute Gasteiger partial charge is 0.253 e. The van der Waals surface area contributed by atoms with Gasteiger partial charge in [-0.2, -0.15) is 0 Å². The van der Waals surface area contributed by atoms with Crippen molar-refractivity contribution in [1.29, 1.82) is 0 Å². The van der Waals surface area contributed by atoms with Crippen LogP contribution in [0, 0.1) is 0 Å². The monoisotopic (exact) mass is 395 g/mol. The van der Waals surface area contributed by atoms with E-state index in [9.17, 15) is 4.79 Å². The fraction of sp³-hybridized carbons (Fsp3) is 0.167. The number of benzene rings is 2. The van der Waals surface area contributed by atoms with Gasteiger partial charge in [0.2, 0.25) is 0 Å². The summed E-state index contributed by atoms with van der Waals surface area (Å²) < 4.78 is 0. The molecule has 0 spiro atoms. The third kappa shape index (κ3) is 3.59. The van der Waals surface area contributed by atoms with Crippen LogP contribution in [0.3, 0.4) is 0 Å². The molecule has 2 aromatic heterocycles. The lowest BCUT2D eigenvalue weighted by Crippen LogP contribution is -2.49. The highest BCUT2D eigenvalue weighted by Crippen LogP contribution is 2.20. The Morgan fingerprint density at radius 3 is 2.37 bits per heavy atom. The van der Waals surface area contributed by atoms with Gasteiger partial charge < -0.3 is 9.80 Å². The molecule has 1 aliphatic heterocycles. The van der Waals surface area contributed by atoms with Crippen molar-refractivity contribution < 1.29 is 4.79 Å². The Bertz CT molecular complexity index is 1170. The van der Waals surface area contributed by atoms with Crippen molar-refractivity contribution in [3.63, 3.8) is 0 Å². The van der Waals surface area contributed by atoms with Gasteiger partial charge in [-0.1, -0.05) is 30.3 Å². The molecule has 30 heavy (non-hydrogen) atoms. The Morgan fingerprint density at radius 2 is 1.63 bits per heavy atom. The van der Waals surface area contributed by atoms with E-state index in [2.05, 4.69) is 26.1 Å². The number of hydrogen-bond acceptors (Lipinski definition) is 5. The number of piperazine rings is 1. The van der Waals surface area contributed by atoms with E-state index in [1.54, 1.807) is 12.4 Å². The number of rotatable bonds is 3. The van der Waals surface area contributed by atoms with Crippen molar-refractivity contribution >= 4 is 22.5 Å². The lowest BCUT2D eigenvalue weighted by Gasteiger charge is -2.35. The fourth-order valence-corrected chi connectivity index (χ4v) is 3.81. The molecule has 0 atom stereocenters. The van der Waals surface area contributed by atoms with E-state index in [1.165, 1.54) is 0 Å². The minimum atomic E-state index is 0.0819. The third-order valence-electron chi connectivity index (χ3n) is 5.50.